The molecule has 2 rings (SSSR count). The zero-order valence-corrected chi connectivity index (χ0v) is 14.0. The molecule has 1 saturated carbocycles. The topological polar surface area (TPSA) is 79.2 Å². The van der Waals surface area contributed by atoms with E-state index in [4.69, 9.17) is 9.47 Å². The van der Waals surface area contributed by atoms with Crippen molar-refractivity contribution in [1.82, 2.24) is 0 Å². The Morgan fingerprint density at radius 2 is 1.91 bits per heavy atom. The van der Waals surface area contributed by atoms with Gasteiger partial charge in [0.05, 0.1) is 25.5 Å². The predicted molar refractivity (Wildman–Crippen MR) is 88.1 cm³/mol. The van der Waals surface area contributed by atoms with E-state index < -0.39 is 5.97 Å². The molecule has 6 nitrogen and oxygen atoms in total. The summed E-state index contributed by atoms with van der Waals surface area (Å²) in [5.74, 6) is -0.966. The van der Waals surface area contributed by atoms with Gasteiger partial charge >= 0.3 is 5.97 Å². The van der Waals surface area contributed by atoms with Gasteiger partial charge in [0.2, 0.25) is 5.75 Å². The second kappa shape index (κ2) is 7.44. The van der Waals surface area contributed by atoms with E-state index in [0.29, 0.717) is 12.2 Å². The van der Waals surface area contributed by atoms with E-state index in [1.165, 1.54) is 26.7 Å². The molecule has 0 aliphatic heterocycles. The Kier molecular flexibility index (Phi) is 5.58. The first kappa shape index (κ1) is 17.2. The SMILES string of the molecule is CCN(c1c(C(=O)O)cc(OC)c(O)c1OC)C1CCCCC1. The summed E-state index contributed by atoms with van der Waals surface area (Å²) in [7, 11) is 2.82. The fourth-order valence-electron chi connectivity index (χ4n) is 3.40. The highest BCUT2D eigenvalue weighted by molar-refractivity contribution is 5.98. The van der Waals surface area contributed by atoms with Crippen LogP contribution in [-0.2, 0) is 0 Å². The molecule has 6 heteroatoms. The molecule has 1 aliphatic carbocycles. The van der Waals surface area contributed by atoms with Gasteiger partial charge in [-0.2, -0.15) is 0 Å². The fraction of sp³-hybridized carbons (Fsp3) is 0.588. The second-order valence-electron chi connectivity index (χ2n) is 5.74. The Labute approximate surface area is 136 Å². The molecule has 0 unspecified atom stereocenters. The van der Waals surface area contributed by atoms with Crippen molar-refractivity contribution < 1.29 is 24.5 Å². The van der Waals surface area contributed by atoms with Gasteiger partial charge in [0, 0.05) is 18.7 Å². The van der Waals surface area contributed by atoms with Crippen molar-refractivity contribution in [1.29, 1.82) is 0 Å². The number of anilines is 1. The molecule has 1 fully saturated rings. The molecular formula is C17H25NO5. The Morgan fingerprint density at radius 3 is 2.39 bits per heavy atom. The summed E-state index contributed by atoms with van der Waals surface area (Å²) in [6, 6.07) is 1.62. The number of aromatic carboxylic acids is 1. The third-order valence-electron chi connectivity index (χ3n) is 4.49. The fourth-order valence-corrected chi connectivity index (χ4v) is 3.40. The number of carbonyl (C=O) groups is 1. The van der Waals surface area contributed by atoms with Gasteiger partial charge in [-0.3, -0.25) is 0 Å². The number of phenolic OH excluding ortho intramolecular Hbond substituents is 1. The summed E-state index contributed by atoms with van der Waals surface area (Å²) in [5.41, 5.74) is 0.525. The number of phenols is 1. The molecule has 1 aliphatic rings. The first-order chi connectivity index (χ1) is 11.0. The molecule has 128 valence electrons. The van der Waals surface area contributed by atoms with Crippen molar-refractivity contribution in [3.63, 3.8) is 0 Å². The van der Waals surface area contributed by atoms with Crippen LogP contribution in [0.25, 0.3) is 0 Å². The molecule has 1 aromatic rings. The van der Waals surface area contributed by atoms with Crippen molar-refractivity contribution >= 4 is 11.7 Å². The molecule has 1 aromatic carbocycles. The molecule has 0 saturated heterocycles. The third kappa shape index (κ3) is 3.30. The molecule has 0 spiro atoms. The third-order valence-corrected chi connectivity index (χ3v) is 4.49. The maximum Gasteiger partial charge on any atom is 0.338 e. The van der Waals surface area contributed by atoms with Gasteiger partial charge in [0.25, 0.3) is 0 Å². The summed E-state index contributed by atoms with van der Waals surface area (Å²) in [4.78, 5) is 13.8. The lowest BCUT2D eigenvalue weighted by atomic mass is 9.93. The van der Waals surface area contributed by atoms with E-state index in [9.17, 15) is 15.0 Å². The molecule has 23 heavy (non-hydrogen) atoms. The van der Waals surface area contributed by atoms with E-state index in [1.54, 1.807) is 0 Å². The summed E-state index contributed by atoms with van der Waals surface area (Å²) in [6.45, 7) is 2.63. The van der Waals surface area contributed by atoms with Gasteiger partial charge in [-0.25, -0.2) is 4.79 Å². The average molecular weight is 323 g/mol. The summed E-state index contributed by atoms with van der Waals surface area (Å²) < 4.78 is 10.4. The number of nitrogens with zero attached hydrogens (tertiary/aromatic N) is 1. The number of hydrogen-bond donors (Lipinski definition) is 2. The zero-order valence-electron chi connectivity index (χ0n) is 14.0. The Bertz CT molecular complexity index is 567. The molecular weight excluding hydrogens is 298 g/mol. The normalized spacial score (nSPS) is 15.3. The van der Waals surface area contributed by atoms with Gasteiger partial charge < -0.3 is 24.6 Å². The van der Waals surface area contributed by atoms with Crippen molar-refractivity contribution in [2.75, 3.05) is 25.7 Å². The summed E-state index contributed by atoms with van der Waals surface area (Å²) in [5, 5.41) is 20.0. The van der Waals surface area contributed by atoms with Gasteiger partial charge in [0.15, 0.2) is 11.5 Å². The van der Waals surface area contributed by atoms with Crippen LogP contribution in [-0.4, -0.2) is 43.0 Å². The summed E-state index contributed by atoms with van der Waals surface area (Å²) in [6.07, 6.45) is 5.51. The number of hydrogen-bond acceptors (Lipinski definition) is 5. The first-order valence-corrected chi connectivity index (χ1v) is 8.03. The molecule has 0 bridgehead atoms. The van der Waals surface area contributed by atoms with E-state index in [-0.39, 0.29) is 28.9 Å². The number of ether oxygens (including phenoxy) is 2. The predicted octanol–water partition coefficient (Wildman–Crippen LogP) is 3.27. The minimum absolute atomic E-state index is 0.0870. The van der Waals surface area contributed by atoms with E-state index in [0.717, 1.165) is 25.7 Å². The van der Waals surface area contributed by atoms with E-state index in [2.05, 4.69) is 0 Å². The van der Waals surface area contributed by atoms with Gasteiger partial charge in [-0.15, -0.1) is 0 Å². The molecule has 0 radical (unpaired) electrons. The van der Waals surface area contributed by atoms with Crippen molar-refractivity contribution in [3.8, 4) is 17.2 Å². The number of carboxylic acid groups (broad SMARTS) is 1. The van der Waals surface area contributed by atoms with Gasteiger partial charge in [-0.05, 0) is 19.8 Å². The standard InChI is InChI=1S/C17H25NO5/c1-4-18(11-8-6-5-7-9-11)14-12(17(20)21)10-13(22-2)15(19)16(14)23-3/h10-11,19H,4-9H2,1-3H3,(H,20,21). The Balaban J connectivity index is 2.61. The average Bonchev–Trinajstić information content (AvgIpc) is 2.56. The number of aromatic hydroxyl groups is 1. The van der Waals surface area contributed by atoms with Crippen LogP contribution < -0.4 is 14.4 Å². The van der Waals surface area contributed by atoms with Gasteiger partial charge in [0.1, 0.15) is 0 Å². The van der Waals surface area contributed by atoms with E-state index in [1.807, 2.05) is 11.8 Å². The van der Waals surface area contributed by atoms with Crippen molar-refractivity contribution in [2.24, 2.45) is 0 Å². The second-order valence-corrected chi connectivity index (χ2v) is 5.74. The highest BCUT2D eigenvalue weighted by atomic mass is 16.5. The van der Waals surface area contributed by atoms with Crippen LogP contribution in [0.15, 0.2) is 6.07 Å². The first-order valence-electron chi connectivity index (χ1n) is 8.03. The van der Waals surface area contributed by atoms with Crippen LogP contribution in [0.5, 0.6) is 17.2 Å². The Hall–Kier alpha value is -2.11. The monoisotopic (exact) mass is 323 g/mol. The molecule has 0 amide bonds. The molecule has 0 heterocycles. The van der Waals surface area contributed by atoms with Crippen LogP contribution in [0.4, 0.5) is 5.69 Å². The van der Waals surface area contributed by atoms with Crippen LogP contribution in [0.2, 0.25) is 0 Å². The van der Waals surface area contributed by atoms with Crippen molar-refractivity contribution in [2.45, 2.75) is 45.1 Å². The van der Waals surface area contributed by atoms with Crippen molar-refractivity contribution in [3.05, 3.63) is 11.6 Å². The highest BCUT2D eigenvalue weighted by Crippen LogP contribution is 2.47. The zero-order chi connectivity index (χ0) is 17.0. The smallest absolute Gasteiger partial charge is 0.338 e. The minimum Gasteiger partial charge on any atom is -0.502 e. The number of rotatable bonds is 6. The minimum atomic E-state index is -1.06. The number of methoxy groups -OCH3 is 2. The number of benzene rings is 1. The van der Waals surface area contributed by atoms with Crippen LogP contribution in [0.3, 0.4) is 0 Å². The van der Waals surface area contributed by atoms with Crippen LogP contribution in [0.1, 0.15) is 49.4 Å². The lowest BCUT2D eigenvalue weighted by Crippen LogP contribution is -2.38. The largest absolute Gasteiger partial charge is 0.502 e. The quantitative estimate of drug-likeness (QED) is 0.836. The maximum atomic E-state index is 11.8. The lowest BCUT2D eigenvalue weighted by Gasteiger charge is -2.37. The molecule has 2 N–H and O–H groups in total. The highest BCUT2D eigenvalue weighted by Gasteiger charge is 2.30. The molecule has 0 atom stereocenters. The number of carboxylic acids is 1. The maximum absolute atomic E-state index is 11.8. The Morgan fingerprint density at radius 1 is 1.26 bits per heavy atom. The lowest BCUT2D eigenvalue weighted by molar-refractivity contribution is 0.0696. The molecule has 0 aromatic heterocycles. The summed E-state index contributed by atoms with van der Waals surface area (Å²) >= 11 is 0. The van der Waals surface area contributed by atoms with Gasteiger partial charge in [-0.1, -0.05) is 19.3 Å². The van der Waals surface area contributed by atoms with Crippen LogP contribution in [0, 0.1) is 0 Å². The van der Waals surface area contributed by atoms with Crippen LogP contribution >= 0.6 is 0 Å². The van der Waals surface area contributed by atoms with E-state index >= 15 is 0 Å².